The van der Waals surface area contributed by atoms with Crippen molar-refractivity contribution in [1.82, 2.24) is 24.4 Å². The van der Waals surface area contributed by atoms with Crippen LogP contribution in [0.15, 0.2) is 12.7 Å². The first-order chi connectivity index (χ1) is 9.22. The summed E-state index contributed by atoms with van der Waals surface area (Å²) in [7, 11) is 1.38. The maximum absolute atomic E-state index is 11.7. The zero-order valence-electron chi connectivity index (χ0n) is 10.3. The van der Waals surface area contributed by atoms with Gasteiger partial charge in [-0.15, -0.1) is 0 Å². The molecule has 2 aromatic heterocycles. The van der Waals surface area contributed by atoms with Gasteiger partial charge in [-0.05, 0) is 12.8 Å². The van der Waals surface area contributed by atoms with Crippen molar-refractivity contribution in [3.8, 4) is 0 Å². The molecule has 3 heterocycles. The van der Waals surface area contributed by atoms with Crippen LogP contribution in [0.3, 0.4) is 0 Å². The molecule has 1 fully saturated rings. The Kier molecular flexibility index (Phi) is 2.98. The zero-order valence-corrected chi connectivity index (χ0v) is 11.0. The second kappa shape index (κ2) is 4.65. The monoisotopic (exact) mass is 281 g/mol. The number of halogens is 1. The third-order valence-corrected chi connectivity index (χ3v) is 3.54. The third kappa shape index (κ3) is 1.90. The molecule has 0 unspecified atom stereocenters. The van der Waals surface area contributed by atoms with Gasteiger partial charge >= 0.3 is 6.09 Å². The number of ether oxygens (including phenoxy) is 1. The number of imidazole rings is 1. The number of hydrogen-bond donors (Lipinski definition) is 0. The van der Waals surface area contributed by atoms with Gasteiger partial charge in [0.05, 0.1) is 13.4 Å². The largest absolute Gasteiger partial charge is 0.453 e. The van der Waals surface area contributed by atoms with E-state index in [0.29, 0.717) is 22.9 Å². The number of fused-ring (bicyclic) bond motifs is 1. The molecule has 7 nitrogen and oxygen atoms in total. The Hall–Kier alpha value is -1.89. The van der Waals surface area contributed by atoms with Gasteiger partial charge in [0.1, 0.15) is 18.0 Å². The van der Waals surface area contributed by atoms with Crippen LogP contribution in [-0.2, 0) is 4.74 Å². The Bertz CT molecular complexity index is 629. The van der Waals surface area contributed by atoms with E-state index in [1.54, 1.807) is 11.2 Å². The second-order valence-corrected chi connectivity index (χ2v) is 4.63. The first-order valence-electron chi connectivity index (χ1n) is 5.90. The highest BCUT2D eigenvalue weighted by Gasteiger charge is 2.32. The summed E-state index contributed by atoms with van der Waals surface area (Å²) in [6, 6.07) is 0. The van der Waals surface area contributed by atoms with Crippen molar-refractivity contribution in [3.05, 3.63) is 17.8 Å². The lowest BCUT2D eigenvalue weighted by atomic mass is 10.3. The van der Waals surface area contributed by atoms with Crippen LogP contribution in [0.5, 0.6) is 0 Å². The van der Waals surface area contributed by atoms with E-state index in [9.17, 15) is 4.79 Å². The molecule has 3 rings (SSSR count). The van der Waals surface area contributed by atoms with E-state index in [2.05, 4.69) is 15.0 Å². The van der Waals surface area contributed by atoms with Crippen molar-refractivity contribution in [3.63, 3.8) is 0 Å². The second-order valence-electron chi connectivity index (χ2n) is 4.27. The summed E-state index contributed by atoms with van der Waals surface area (Å²) in [5.74, 6) is 0. The normalized spacial score (nSPS) is 19.1. The Morgan fingerprint density at radius 1 is 1.47 bits per heavy atom. The van der Waals surface area contributed by atoms with Gasteiger partial charge in [-0.1, -0.05) is 11.6 Å². The number of aromatic nitrogens is 4. The van der Waals surface area contributed by atoms with E-state index in [1.807, 2.05) is 4.57 Å². The molecule has 1 aliphatic heterocycles. The summed E-state index contributed by atoms with van der Waals surface area (Å²) >= 11 is 5.97. The predicted molar refractivity (Wildman–Crippen MR) is 67.7 cm³/mol. The summed E-state index contributed by atoms with van der Waals surface area (Å²) in [4.78, 5) is 25.7. The van der Waals surface area contributed by atoms with Crippen LogP contribution < -0.4 is 0 Å². The highest BCUT2D eigenvalue weighted by atomic mass is 35.5. The molecule has 0 spiro atoms. The van der Waals surface area contributed by atoms with E-state index in [-0.39, 0.29) is 12.3 Å². The number of methoxy groups -OCH3 is 1. The van der Waals surface area contributed by atoms with Gasteiger partial charge in [-0.25, -0.2) is 19.7 Å². The fraction of sp³-hybridized carbons (Fsp3) is 0.455. The molecule has 0 radical (unpaired) electrons. The van der Waals surface area contributed by atoms with Crippen molar-refractivity contribution in [2.45, 2.75) is 19.0 Å². The number of rotatable bonds is 1. The quantitative estimate of drug-likeness (QED) is 0.746. The average molecular weight is 282 g/mol. The molecule has 0 aromatic carbocycles. The van der Waals surface area contributed by atoms with Gasteiger partial charge in [0.25, 0.3) is 0 Å². The molecule has 0 bridgehead atoms. The molecule has 1 aliphatic rings. The van der Waals surface area contributed by atoms with E-state index in [0.717, 1.165) is 12.8 Å². The van der Waals surface area contributed by atoms with Crippen LogP contribution in [0.25, 0.3) is 11.2 Å². The van der Waals surface area contributed by atoms with Crippen molar-refractivity contribution < 1.29 is 9.53 Å². The molecule has 1 saturated heterocycles. The number of carbonyl (C=O) groups excluding carboxylic acids is 1. The van der Waals surface area contributed by atoms with E-state index in [1.165, 1.54) is 13.4 Å². The zero-order chi connectivity index (χ0) is 13.4. The summed E-state index contributed by atoms with van der Waals surface area (Å²) in [6.07, 6.45) is 4.30. The topological polar surface area (TPSA) is 73.1 Å². The molecule has 100 valence electrons. The minimum atomic E-state index is -0.343. The van der Waals surface area contributed by atoms with Crippen molar-refractivity contribution in [2.24, 2.45) is 0 Å². The maximum Gasteiger partial charge on any atom is 0.411 e. The smallest absolute Gasteiger partial charge is 0.411 e. The van der Waals surface area contributed by atoms with Crippen LogP contribution in [0.4, 0.5) is 4.79 Å². The van der Waals surface area contributed by atoms with E-state index in [4.69, 9.17) is 16.3 Å². The Morgan fingerprint density at radius 3 is 3.11 bits per heavy atom. The Labute approximate surface area is 114 Å². The maximum atomic E-state index is 11.7. The Morgan fingerprint density at radius 2 is 2.32 bits per heavy atom. The first kappa shape index (κ1) is 12.2. The number of hydrogen-bond acceptors (Lipinski definition) is 5. The van der Waals surface area contributed by atoms with Crippen LogP contribution in [0.1, 0.15) is 19.0 Å². The van der Waals surface area contributed by atoms with Crippen LogP contribution in [0.2, 0.25) is 5.15 Å². The molecule has 0 saturated carbocycles. The predicted octanol–water partition coefficient (Wildman–Crippen LogP) is 1.84. The fourth-order valence-corrected chi connectivity index (χ4v) is 2.59. The lowest BCUT2D eigenvalue weighted by Gasteiger charge is -2.24. The summed E-state index contributed by atoms with van der Waals surface area (Å²) in [5.41, 5.74) is 1.17. The highest BCUT2D eigenvalue weighted by Crippen LogP contribution is 2.30. The van der Waals surface area contributed by atoms with Gasteiger partial charge in [0.2, 0.25) is 0 Å². The lowest BCUT2D eigenvalue weighted by Crippen LogP contribution is -2.33. The molecule has 0 N–H and O–H groups in total. The third-order valence-electron chi connectivity index (χ3n) is 3.27. The van der Waals surface area contributed by atoms with Gasteiger partial charge in [-0.2, -0.15) is 0 Å². The van der Waals surface area contributed by atoms with E-state index < -0.39 is 0 Å². The molecular weight excluding hydrogens is 270 g/mol. The number of nitrogens with zero attached hydrogens (tertiary/aromatic N) is 5. The standard InChI is InChI=1S/C11H12ClN5O2/c1-19-11(18)16-4-2-3-7(16)17-6-15-8-9(12)13-5-14-10(8)17/h5-7H,2-4H2,1H3/t7-/m0/s1. The van der Waals surface area contributed by atoms with E-state index >= 15 is 0 Å². The number of carbonyl (C=O) groups is 1. The molecule has 1 amide bonds. The number of amides is 1. The molecule has 0 aliphatic carbocycles. The summed E-state index contributed by atoms with van der Waals surface area (Å²) < 4.78 is 6.63. The lowest BCUT2D eigenvalue weighted by molar-refractivity contribution is 0.105. The minimum absolute atomic E-state index is 0.136. The van der Waals surface area contributed by atoms with Gasteiger partial charge in [0, 0.05) is 6.54 Å². The first-order valence-corrected chi connectivity index (χ1v) is 6.28. The molecule has 19 heavy (non-hydrogen) atoms. The molecule has 2 aromatic rings. The van der Waals surface area contributed by atoms with Crippen molar-refractivity contribution >= 4 is 28.9 Å². The SMILES string of the molecule is COC(=O)N1CCC[C@@H]1n1cnc2c(Cl)ncnc21. The Balaban J connectivity index is 2.04. The van der Waals surface area contributed by atoms with Crippen LogP contribution in [0, 0.1) is 0 Å². The van der Waals surface area contributed by atoms with Crippen molar-refractivity contribution in [1.29, 1.82) is 0 Å². The highest BCUT2D eigenvalue weighted by molar-refractivity contribution is 6.33. The fourth-order valence-electron chi connectivity index (χ4n) is 2.41. The summed E-state index contributed by atoms with van der Waals surface area (Å²) in [6.45, 7) is 0.663. The van der Waals surface area contributed by atoms with Crippen molar-refractivity contribution in [2.75, 3.05) is 13.7 Å². The number of likely N-dealkylation sites (tertiary alicyclic amines) is 1. The average Bonchev–Trinajstić information content (AvgIpc) is 3.04. The summed E-state index contributed by atoms with van der Waals surface area (Å²) in [5, 5.41) is 0.311. The van der Waals surface area contributed by atoms with Gasteiger partial charge in [0.15, 0.2) is 10.8 Å². The van der Waals surface area contributed by atoms with Crippen LogP contribution >= 0.6 is 11.6 Å². The van der Waals surface area contributed by atoms with Gasteiger partial charge < -0.3 is 4.74 Å². The van der Waals surface area contributed by atoms with Gasteiger partial charge in [-0.3, -0.25) is 9.47 Å². The molecule has 8 heteroatoms. The molecule has 1 atom stereocenters. The molecular formula is C11H12ClN5O2. The minimum Gasteiger partial charge on any atom is -0.453 e. The van der Waals surface area contributed by atoms with Crippen LogP contribution in [-0.4, -0.2) is 44.2 Å².